The third-order valence-corrected chi connectivity index (χ3v) is 7.77. The molecule has 0 spiro atoms. The molecule has 1 heterocycles. The lowest BCUT2D eigenvalue weighted by molar-refractivity contribution is 0.154. The van der Waals surface area contributed by atoms with Gasteiger partial charge in [0.15, 0.2) is 11.5 Å². The first-order valence-corrected chi connectivity index (χ1v) is 13.5. The number of hydrogen-bond donors (Lipinski definition) is 2. The molecule has 7 nitrogen and oxygen atoms in total. The number of methoxy groups -OCH3 is 3. The van der Waals surface area contributed by atoms with E-state index in [-0.39, 0.29) is 42.0 Å². The molecule has 38 heavy (non-hydrogen) atoms. The topological polar surface area (TPSA) is 72.1 Å². The van der Waals surface area contributed by atoms with Crippen LogP contribution in [0.15, 0.2) is 30.3 Å². The maximum atomic E-state index is 12.9. The van der Waals surface area contributed by atoms with Gasteiger partial charge < -0.3 is 29.7 Å². The normalized spacial score (nSPS) is 14.9. The molecule has 2 amide bonds. The van der Waals surface area contributed by atoms with Gasteiger partial charge in [-0.3, -0.25) is 0 Å². The van der Waals surface area contributed by atoms with Crippen LogP contribution >= 0.6 is 47.2 Å². The minimum absolute atomic E-state index is 0. The molecule has 1 aliphatic heterocycles. The van der Waals surface area contributed by atoms with Crippen molar-refractivity contribution in [1.29, 1.82) is 0 Å². The highest BCUT2D eigenvalue weighted by molar-refractivity contribution is 14.0. The molecular formula is C28H40Cl2IN3O4. The van der Waals surface area contributed by atoms with Gasteiger partial charge in [0.1, 0.15) is 0 Å². The smallest absolute Gasteiger partial charge is 0.319 e. The number of carbonyl (C=O) groups excluding carboxylic acids is 1. The van der Waals surface area contributed by atoms with Crippen molar-refractivity contribution < 1.29 is 19.0 Å². The molecule has 0 radical (unpaired) electrons. The number of nitrogens with one attached hydrogen (secondary N) is 2. The molecule has 0 saturated carbocycles. The van der Waals surface area contributed by atoms with Crippen LogP contribution in [0.1, 0.15) is 38.7 Å². The van der Waals surface area contributed by atoms with Crippen LogP contribution in [-0.4, -0.2) is 57.9 Å². The second kappa shape index (κ2) is 15.8. The molecule has 2 N–H and O–H groups in total. The third-order valence-electron chi connectivity index (χ3n) is 7.03. The SMILES string of the molecule is COc1cc(NC(=O)NC(CN2CCC(CCc3ccc(Cl)c(Cl)c3)CC2)C(C)C)cc(OC)c1OC.I. The summed E-state index contributed by atoms with van der Waals surface area (Å²) in [6, 6.07) is 9.10. The number of ether oxygens (including phenoxy) is 3. The predicted molar refractivity (Wildman–Crippen MR) is 166 cm³/mol. The molecule has 10 heteroatoms. The molecule has 1 atom stereocenters. The minimum Gasteiger partial charge on any atom is -0.493 e. The molecule has 0 aromatic heterocycles. The Hall–Kier alpha value is -1.62. The maximum Gasteiger partial charge on any atom is 0.319 e. The van der Waals surface area contributed by atoms with E-state index in [1.54, 1.807) is 33.5 Å². The van der Waals surface area contributed by atoms with Gasteiger partial charge in [-0.15, -0.1) is 24.0 Å². The van der Waals surface area contributed by atoms with Crippen LogP contribution in [0.3, 0.4) is 0 Å². The van der Waals surface area contributed by atoms with Crippen LogP contribution in [0.4, 0.5) is 10.5 Å². The van der Waals surface area contributed by atoms with Gasteiger partial charge >= 0.3 is 6.03 Å². The van der Waals surface area contributed by atoms with Gasteiger partial charge in [-0.1, -0.05) is 43.1 Å². The lowest BCUT2D eigenvalue weighted by Crippen LogP contribution is -2.49. The number of carbonyl (C=O) groups is 1. The Bertz CT molecular complexity index is 1020. The second-order valence-corrected chi connectivity index (χ2v) is 10.7. The average molecular weight is 680 g/mol. The molecular weight excluding hydrogens is 640 g/mol. The number of urea groups is 1. The number of benzene rings is 2. The molecule has 0 aliphatic carbocycles. The number of hydrogen-bond acceptors (Lipinski definition) is 5. The van der Waals surface area contributed by atoms with Crippen LogP contribution in [0.25, 0.3) is 0 Å². The molecule has 0 bridgehead atoms. The first-order valence-electron chi connectivity index (χ1n) is 12.8. The largest absolute Gasteiger partial charge is 0.493 e. The van der Waals surface area contributed by atoms with E-state index in [4.69, 9.17) is 37.4 Å². The summed E-state index contributed by atoms with van der Waals surface area (Å²) in [5.41, 5.74) is 1.80. The van der Waals surface area contributed by atoms with Crippen LogP contribution in [0.2, 0.25) is 10.0 Å². The van der Waals surface area contributed by atoms with E-state index in [1.165, 1.54) is 5.56 Å². The minimum atomic E-state index is -0.260. The van der Waals surface area contributed by atoms with E-state index < -0.39 is 0 Å². The first kappa shape index (κ1) is 32.6. The van der Waals surface area contributed by atoms with Crippen molar-refractivity contribution in [3.63, 3.8) is 0 Å². The Balaban J connectivity index is 0.00000507. The molecule has 3 rings (SSSR count). The summed E-state index contributed by atoms with van der Waals surface area (Å²) in [4.78, 5) is 15.3. The fourth-order valence-corrected chi connectivity index (χ4v) is 5.03. The quantitative estimate of drug-likeness (QED) is 0.247. The van der Waals surface area contributed by atoms with Crippen molar-refractivity contribution in [3.8, 4) is 17.2 Å². The summed E-state index contributed by atoms with van der Waals surface area (Å²) in [5.74, 6) is 2.44. The van der Waals surface area contributed by atoms with Crippen molar-refractivity contribution in [2.24, 2.45) is 11.8 Å². The van der Waals surface area contributed by atoms with Gasteiger partial charge in [-0.05, 0) is 68.3 Å². The number of piperidine rings is 1. The fourth-order valence-electron chi connectivity index (χ4n) is 4.71. The van der Waals surface area contributed by atoms with E-state index in [9.17, 15) is 4.79 Å². The summed E-state index contributed by atoms with van der Waals surface area (Å²) in [5, 5.41) is 7.29. The van der Waals surface area contributed by atoms with Gasteiger partial charge in [0.05, 0.1) is 37.1 Å². The molecule has 2 aromatic carbocycles. The molecule has 1 unspecified atom stereocenters. The zero-order valence-corrected chi connectivity index (χ0v) is 26.7. The Morgan fingerprint density at radius 2 is 1.63 bits per heavy atom. The standard InChI is InChI=1S/C28H39Cl2N3O4.HI/c1-18(2)24(32-28(34)31-21-15-25(35-3)27(37-5)26(16-21)36-4)17-33-12-10-19(11-13-33)6-7-20-8-9-22(29)23(30)14-20;/h8-9,14-16,18-19,24H,6-7,10-13,17H2,1-5H3,(H2,31,32,34);1H. The maximum absolute atomic E-state index is 12.9. The van der Waals surface area contributed by atoms with Crippen molar-refractivity contribution in [1.82, 2.24) is 10.2 Å². The van der Waals surface area contributed by atoms with E-state index in [2.05, 4.69) is 35.4 Å². The first-order chi connectivity index (χ1) is 17.7. The number of aryl methyl sites for hydroxylation is 1. The van der Waals surface area contributed by atoms with Gasteiger partial charge in [0.25, 0.3) is 0 Å². The average Bonchev–Trinajstić information content (AvgIpc) is 2.89. The molecule has 1 fully saturated rings. The molecule has 1 saturated heterocycles. The second-order valence-electron chi connectivity index (χ2n) is 9.89. The number of amides is 2. The van der Waals surface area contributed by atoms with Crippen molar-refractivity contribution in [3.05, 3.63) is 45.9 Å². The van der Waals surface area contributed by atoms with Gasteiger partial charge in [-0.25, -0.2) is 4.79 Å². The lowest BCUT2D eigenvalue weighted by Gasteiger charge is -2.35. The highest BCUT2D eigenvalue weighted by atomic mass is 127. The molecule has 1 aliphatic rings. The third kappa shape index (κ3) is 9.24. The van der Waals surface area contributed by atoms with E-state index >= 15 is 0 Å². The Labute approximate surface area is 253 Å². The molecule has 2 aromatic rings. The van der Waals surface area contributed by atoms with Crippen molar-refractivity contribution >= 4 is 58.9 Å². The Morgan fingerprint density at radius 1 is 1.00 bits per heavy atom. The van der Waals surface area contributed by atoms with E-state index in [0.717, 1.165) is 45.3 Å². The lowest BCUT2D eigenvalue weighted by atomic mass is 9.90. The summed E-state index contributed by atoms with van der Waals surface area (Å²) >= 11 is 12.2. The van der Waals surface area contributed by atoms with Crippen LogP contribution in [0.5, 0.6) is 17.2 Å². The summed E-state index contributed by atoms with van der Waals surface area (Å²) < 4.78 is 16.1. The number of halogens is 3. The zero-order valence-electron chi connectivity index (χ0n) is 22.8. The van der Waals surface area contributed by atoms with E-state index in [1.807, 2.05) is 12.1 Å². The van der Waals surface area contributed by atoms with Crippen molar-refractivity contribution in [2.45, 2.75) is 45.6 Å². The number of nitrogens with zero attached hydrogens (tertiary/aromatic N) is 1. The number of anilines is 1. The molecule has 212 valence electrons. The fraction of sp³-hybridized carbons (Fsp3) is 0.536. The van der Waals surface area contributed by atoms with Gasteiger partial charge in [0.2, 0.25) is 5.75 Å². The van der Waals surface area contributed by atoms with Crippen LogP contribution in [-0.2, 0) is 6.42 Å². The number of likely N-dealkylation sites (tertiary alicyclic amines) is 1. The summed E-state index contributed by atoms with van der Waals surface area (Å²) in [6.07, 6.45) is 4.47. The van der Waals surface area contributed by atoms with Gasteiger partial charge in [-0.2, -0.15) is 0 Å². The van der Waals surface area contributed by atoms with Gasteiger partial charge in [0, 0.05) is 24.7 Å². The van der Waals surface area contributed by atoms with Crippen molar-refractivity contribution in [2.75, 3.05) is 46.3 Å². The Morgan fingerprint density at radius 3 is 2.16 bits per heavy atom. The monoisotopic (exact) mass is 679 g/mol. The van der Waals surface area contributed by atoms with Crippen LogP contribution in [0, 0.1) is 11.8 Å². The van der Waals surface area contributed by atoms with E-state index in [0.29, 0.717) is 38.9 Å². The number of rotatable bonds is 11. The highest BCUT2D eigenvalue weighted by Gasteiger charge is 2.25. The Kier molecular flexibility index (Phi) is 13.6. The summed E-state index contributed by atoms with van der Waals surface area (Å²) in [6.45, 7) is 7.15. The highest BCUT2D eigenvalue weighted by Crippen LogP contribution is 2.40. The predicted octanol–water partition coefficient (Wildman–Crippen LogP) is 7.13. The van der Waals surface area contributed by atoms with Crippen LogP contribution < -0.4 is 24.8 Å². The zero-order chi connectivity index (χ0) is 26.9. The summed E-state index contributed by atoms with van der Waals surface area (Å²) in [7, 11) is 4.64.